The number of halogens is 1. The third-order valence-electron chi connectivity index (χ3n) is 6.10. The van der Waals surface area contributed by atoms with Crippen molar-refractivity contribution in [1.82, 2.24) is 10.0 Å². The molecule has 0 bridgehead atoms. The monoisotopic (exact) mass is 573 g/mol. The van der Waals surface area contributed by atoms with Crippen LogP contribution in [-0.4, -0.2) is 31.8 Å². The van der Waals surface area contributed by atoms with Gasteiger partial charge < -0.3 is 10.6 Å². The third-order valence-corrected chi connectivity index (χ3v) is 7.88. The minimum absolute atomic E-state index is 0.0603. The van der Waals surface area contributed by atoms with Crippen molar-refractivity contribution in [2.45, 2.75) is 43.7 Å². The second kappa shape index (κ2) is 12.4. The van der Waals surface area contributed by atoms with E-state index in [0.29, 0.717) is 5.69 Å². The molecule has 2 amide bonds. The number of hydrogen-bond donors (Lipinski definition) is 3. The lowest BCUT2D eigenvalue weighted by Crippen LogP contribution is -2.45. The van der Waals surface area contributed by atoms with Crippen LogP contribution in [0.2, 0.25) is 0 Å². The van der Waals surface area contributed by atoms with Crippen molar-refractivity contribution in [1.29, 1.82) is 0 Å². The van der Waals surface area contributed by atoms with Gasteiger partial charge in [0.05, 0.1) is 4.90 Å². The Bertz CT molecular complexity index is 1600. The summed E-state index contributed by atoms with van der Waals surface area (Å²) in [6, 6.07) is 27.4. The van der Waals surface area contributed by atoms with Crippen molar-refractivity contribution in [2.24, 2.45) is 0 Å². The van der Waals surface area contributed by atoms with E-state index < -0.39 is 39.2 Å². The Morgan fingerprint density at radius 3 is 1.95 bits per heavy atom. The Kier molecular flexibility index (Phi) is 9.00. The molecule has 0 heterocycles. The number of benzene rings is 4. The molecule has 4 aromatic carbocycles. The Hall–Kier alpha value is -4.34. The van der Waals surface area contributed by atoms with Gasteiger partial charge in [-0.25, -0.2) is 17.5 Å². The molecule has 0 aromatic heterocycles. The van der Waals surface area contributed by atoms with Gasteiger partial charge >= 0.3 is 0 Å². The van der Waals surface area contributed by atoms with Gasteiger partial charge in [0.15, 0.2) is 0 Å². The number of nitrogens with one attached hydrogen (secondary N) is 3. The maximum absolute atomic E-state index is 13.4. The minimum atomic E-state index is -3.74. The van der Waals surface area contributed by atoms with Gasteiger partial charge in [-0.05, 0) is 86.0 Å². The molecule has 0 aliphatic rings. The molecule has 0 aliphatic carbocycles. The zero-order valence-corrected chi connectivity index (χ0v) is 23.8. The SMILES string of the molecule is CC(C)(C)NS(=O)(=O)c1ccc(NC(=O)[C@H](Cc2ccc(-c3ccccc3)cc2)NC(=O)c2ccc(F)cc2)cc1. The van der Waals surface area contributed by atoms with E-state index in [1.807, 2.05) is 54.6 Å². The molecule has 0 radical (unpaired) electrons. The maximum atomic E-state index is 13.4. The lowest BCUT2D eigenvalue weighted by atomic mass is 10.00. The van der Waals surface area contributed by atoms with Crippen molar-refractivity contribution in [2.75, 3.05) is 5.32 Å². The van der Waals surface area contributed by atoms with E-state index in [1.54, 1.807) is 20.8 Å². The highest BCUT2D eigenvalue weighted by Crippen LogP contribution is 2.21. The highest BCUT2D eigenvalue weighted by atomic mass is 32.2. The van der Waals surface area contributed by atoms with Gasteiger partial charge in [0.25, 0.3) is 5.91 Å². The molecule has 4 aromatic rings. The standard InChI is InChI=1S/C32H32FN3O4S/c1-32(2,3)36-41(39,40)28-19-17-27(18-20-28)34-31(38)29(35-30(37)25-13-15-26(33)16-14-25)21-22-9-11-24(12-10-22)23-7-5-4-6-8-23/h4-20,29,36H,21H2,1-3H3,(H,34,38)(H,35,37)/t29-/m0/s1. The second-order valence-corrected chi connectivity index (χ2v) is 12.4. The van der Waals surface area contributed by atoms with E-state index in [9.17, 15) is 22.4 Å². The van der Waals surface area contributed by atoms with Crippen LogP contribution in [-0.2, 0) is 21.2 Å². The quantitative estimate of drug-likeness (QED) is 0.244. The van der Waals surface area contributed by atoms with Crippen LogP contribution in [0.5, 0.6) is 0 Å². The van der Waals surface area contributed by atoms with Gasteiger partial charge in [0, 0.05) is 23.2 Å². The van der Waals surface area contributed by atoms with Crippen LogP contribution >= 0.6 is 0 Å². The lowest BCUT2D eigenvalue weighted by Gasteiger charge is -2.21. The molecule has 0 aliphatic heterocycles. The number of carbonyl (C=O) groups excluding carboxylic acids is 2. The second-order valence-electron chi connectivity index (χ2n) is 10.7. The summed E-state index contributed by atoms with van der Waals surface area (Å²) in [5.74, 6) is -1.49. The van der Waals surface area contributed by atoms with Crippen LogP contribution in [0.25, 0.3) is 11.1 Å². The van der Waals surface area contributed by atoms with Crippen molar-refractivity contribution in [3.8, 4) is 11.1 Å². The molecule has 3 N–H and O–H groups in total. The largest absolute Gasteiger partial charge is 0.340 e. The van der Waals surface area contributed by atoms with Gasteiger partial charge in [-0.2, -0.15) is 0 Å². The van der Waals surface area contributed by atoms with Gasteiger partial charge in [0.2, 0.25) is 15.9 Å². The van der Waals surface area contributed by atoms with E-state index in [4.69, 9.17) is 0 Å². The molecule has 0 unspecified atom stereocenters. The average Bonchev–Trinajstić information content (AvgIpc) is 2.93. The number of sulfonamides is 1. The fourth-order valence-corrected chi connectivity index (χ4v) is 5.58. The molecular weight excluding hydrogens is 541 g/mol. The van der Waals surface area contributed by atoms with Crippen molar-refractivity contribution >= 4 is 27.5 Å². The molecule has 0 saturated carbocycles. The highest BCUT2D eigenvalue weighted by Gasteiger charge is 2.24. The van der Waals surface area contributed by atoms with E-state index in [-0.39, 0.29) is 16.9 Å². The zero-order chi connectivity index (χ0) is 29.6. The first-order valence-corrected chi connectivity index (χ1v) is 14.5. The first-order valence-electron chi connectivity index (χ1n) is 13.1. The number of rotatable bonds is 9. The highest BCUT2D eigenvalue weighted by molar-refractivity contribution is 7.89. The van der Waals surface area contributed by atoms with Crippen LogP contribution in [0.4, 0.5) is 10.1 Å². The Labute approximate surface area is 239 Å². The summed E-state index contributed by atoms with van der Waals surface area (Å²) in [5, 5.41) is 5.51. The van der Waals surface area contributed by atoms with Gasteiger partial charge in [0.1, 0.15) is 11.9 Å². The van der Waals surface area contributed by atoms with Crippen LogP contribution in [0.1, 0.15) is 36.7 Å². The lowest BCUT2D eigenvalue weighted by molar-refractivity contribution is -0.118. The number of amides is 2. The molecule has 212 valence electrons. The van der Waals surface area contributed by atoms with Crippen LogP contribution < -0.4 is 15.4 Å². The summed E-state index contributed by atoms with van der Waals surface area (Å²) in [7, 11) is -3.74. The van der Waals surface area contributed by atoms with Crippen LogP contribution in [0, 0.1) is 5.82 Å². The minimum Gasteiger partial charge on any atom is -0.340 e. The predicted molar refractivity (Wildman–Crippen MR) is 158 cm³/mol. The predicted octanol–water partition coefficient (Wildman–Crippen LogP) is 5.55. The molecule has 41 heavy (non-hydrogen) atoms. The molecule has 0 saturated heterocycles. The first-order chi connectivity index (χ1) is 19.4. The molecule has 0 fully saturated rings. The van der Waals surface area contributed by atoms with Crippen LogP contribution in [0.3, 0.4) is 0 Å². The Balaban J connectivity index is 1.53. The first kappa shape index (κ1) is 29.6. The normalized spacial score (nSPS) is 12.4. The van der Waals surface area contributed by atoms with Gasteiger partial charge in [-0.1, -0.05) is 54.6 Å². The fourth-order valence-electron chi connectivity index (χ4n) is 4.16. The summed E-state index contributed by atoms with van der Waals surface area (Å²) >= 11 is 0. The summed E-state index contributed by atoms with van der Waals surface area (Å²) in [6.45, 7) is 5.23. The van der Waals surface area contributed by atoms with E-state index in [2.05, 4.69) is 15.4 Å². The number of anilines is 1. The molecule has 7 nitrogen and oxygen atoms in total. The topological polar surface area (TPSA) is 104 Å². The molecule has 1 atom stereocenters. The molecule has 9 heteroatoms. The maximum Gasteiger partial charge on any atom is 0.251 e. The van der Waals surface area contributed by atoms with Crippen LogP contribution in [0.15, 0.2) is 108 Å². The fraction of sp³-hybridized carbons (Fsp3) is 0.188. The molecule has 4 rings (SSSR count). The zero-order valence-electron chi connectivity index (χ0n) is 23.0. The van der Waals surface area contributed by atoms with Crippen molar-refractivity contribution in [3.05, 3.63) is 120 Å². The van der Waals surface area contributed by atoms with E-state index in [0.717, 1.165) is 16.7 Å². The summed E-state index contributed by atoms with van der Waals surface area (Å²) in [4.78, 5) is 26.4. The van der Waals surface area contributed by atoms with Gasteiger partial charge in [-0.15, -0.1) is 0 Å². The molecule has 0 spiro atoms. The Morgan fingerprint density at radius 2 is 1.37 bits per heavy atom. The van der Waals surface area contributed by atoms with Crippen molar-refractivity contribution in [3.63, 3.8) is 0 Å². The van der Waals surface area contributed by atoms with E-state index in [1.165, 1.54) is 48.5 Å². The third kappa shape index (κ3) is 8.33. The van der Waals surface area contributed by atoms with Gasteiger partial charge in [-0.3, -0.25) is 9.59 Å². The summed E-state index contributed by atoms with van der Waals surface area (Å²) in [5.41, 5.74) is 2.82. The number of hydrogen-bond acceptors (Lipinski definition) is 4. The number of carbonyl (C=O) groups is 2. The van der Waals surface area contributed by atoms with Crippen molar-refractivity contribution < 1.29 is 22.4 Å². The average molecular weight is 574 g/mol. The van der Waals surface area contributed by atoms with E-state index >= 15 is 0 Å². The summed E-state index contributed by atoms with van der Waals surface area (Å²) < 4.78 is 41.2. The smallest absolute Gasteiger partial charge is 0.251 e. The summed E-state index contributed by atoms with van der Waals surface area (Å²) in [6.07, 6.45) is 0.190. The molecular formula is C32H32FN3O4S. The Morgan fingerprint density at radius 1 is 0.780 bits per heavy atom.